The van der Waals surface area contributed by atoms with Gasteiger partial charge in [-0.2, -0.15) is 0 Å². The van der Waals surface area contributed by atoms with Gasteiger partial charge in [-0.15, -0.1) is 0 Å². The SMILES string of the molecule is CN(c1cccc(NC(=O)C2CCN(S(=O)(=O)Cc3ccccc3)CC2)c1)S(C)(=O)=O. The van der Waals surface area contributed by atoms with Crippen molar-refractivity contribution in [2.75, 3.05) is 36.0 Å². The summed E-state index contributed by atoms with van der Waals surface area (Å²) in [4.78, 5) is 12.7. The lowest BCUT2D eigenvalue weighted by Gasteiger charge is -2.30. The molecule has 8 nitrogen and oxygen atoms in total. The molecule has 0 atom stereocenters. The molecule has 1 heterocycles. The quantitative estimate of drug-likeness (QED) is 0.676. The summed E-state index contributed by atoms with van der Waals surface area (Å²) in [6, 6.07) is 15.6. The summed E-state index contributed by atoms with van der Waals surface area (Å²) in [7, 11) is -5.39. The van der Waals surface area contributed by atoms with Crippen molar-refractivity contribution in [3.05, 3.63) is 60.2 Å². The largest absolute Gasteiger partial charge is 0.326 e. The molecule has 1 N–H and O–H groups in total. The van der Waals surface area contributed by atoms with Crippen LogP contribution in [0.25, 0.3) is 0 Å². The maximum atomic E-state index is 12.7. The van der Waals surface area contributed by atoms with Gasteiger partial charge in [0.25, 0.3) is 0 Å². The zero-order chi connectivity index (χ0) is 22.6. The number of sulfonamides is 2. The van der Waals surface area contributed by atoms with E-state index in [9.17, 15) is 21.6 Å². The lowest BCUT2D eigenvalue weighted by atomic mass is 9.97. The lowest BCUT2D eigenvalue weighted by Crippen LogP contribution is -2.41. The van der Waals surface area contributed by atoms with Crippen molar-refractivity contribution in [3.8, 4) is 0 Å². The van der Waals surface area contributed by atoms with Crippen LogP contribution in [0, 0.1) is 5.92 Å². The molecule has 1 aliphatic rings. The maximum absolute atomic E-state index is 12.7. The van der Waals surface area contributed by atoms with Crippen LogP contribution in [0.15, 0.2) is 54.6 Å². The van der Waals surface area contributed by atoms with Gasteiger partial charge in [-0.3, -0.25) is 9.10 Å². The van der Waals surface area contributed by atoms with Crippen molar-refractivity contribution < 1.29 is 21.6 Å². The highest BCUT2D eigenvalue weighted by molar-refractivity contribution is 7.92. The Morgan fingerprint density at radius 1 is 1.03 bits per heavy atom. The first-order chi connectivity index (χ1) is 14.6. The first-order valence-electron chi connectivity index (χ1n) is 9.93. The molecule has 1 fully saturated rings. The van der Waals surface area contributed by atoms with Crippen LogP contribution in [0.2, 0.25) is 0 Å². The molecule has 10 heteroatoms. The predicted molar refractivity (Wildman–Crippen MR) is 122 cm³/mol. The average Bonchev–Trinajstić information content (AvgIpc) is 2.73. The zero-order valence-electron chi connectivity index (χ0n) is 17.6. The fourth-order valence-electron chi connectivity index (χ4n) is 3.49. The van der Waals surface area contributed by atoms with Crippen LogP contribution < -0.4 is 9.62 Å². The Morgan fingerprint density at radius 2 is 1.68 bits per heavy atom. The van der Waals surface area contributed by atoms with Crippen molar-refractivity contribution in [1.29, 1.82) is 0 Å². The molecule has 0 radical (unpaired) electrons. The van der Waals surface area contributed by atoms with Crippen molar-refractivity contribution in [1.82, 2.24) is 4.31 Å². The Hall–Kier alpha value is -2.43. The number of hydrogen-bond acceptors (Lipinski definition) is 5. The minimum atomic E-state index is -3.43. The minimum absolute atomic E-state index is 0.0502. The van der Waals surface area contributed by atoms with Crippen LogP contribution >= 0.6 is 0 Å². The molecular weight excluding hydrogens is 438 g/mol. The summed E-state index contributed by atoms with van der Waals surface area (Å²) >= 11 is 0. The van der Waals surface area contributed by atoms with Gasteiger partial charge in [0.2, 0.25) is 26.0 Å². The van der Waals surface area contributed by atoms with E-state index in [1.54, 1.807) is 36.4 Å². The number of anilines is 2. The molecule has 2 aromatic rings. The molecule has 0 aromatic heterocycles. The van der Waals surface area contributed by atoms with Crippen LogP contribution in [-0.2, 0) is 30.6 Å². The third-order valence-electron chi connectivity index (χ3n) is 5.38. The lowest BCUT2D eigenvalue weighted by molar-refractivity contribution is -0.120. The molecule has 3 rings (SSSR count). The highest BCUT2D eigenvalue weighted by Crippen LogP contribution is 2.25. The summed E-state index contributed by atoms with van der Waals surface area (Å²) in [5, 5.41) is 2.82. The molecule has 2 aromatic carbocycles. The Bertz CT molecular complexity index is 1130. The second-order valence-corrected chi connectivity index (χ2v) is 11.7. The third kappa shape index (κ3) is 6.05. The van der Waals surface area contributed by atoms with Crippen LogP contribution in [-0.4, -0.2) is 53.4 Å². The van der Waals surface area contributed by atoms with E-state index in [4.69, 9.17) is 0 Å². The van der Waals surface area contributed by atoms with E-state index in [1.165, 1.54) is 11.4 Å². The molecule has 1 saturated heterocycles. The van der Waals surface area contributed by atoms with Gasteiger partial charge in [-0.25, -0.2) is 21.1 Å². The first-order valence-corrected chi connectivity index (χ1v) is 13.4. The minimum Gasteiger partial charge on any atom is -0.326 e. The summed E-state index contributed by atoms with van der Waals surface area (Å²) in [5.41, 5.74) is 1.68. The number of nitrogens with zero attached hydrogens (tertiary/aromatic N) is 2. The highest BCUT2D eigenvalue weighted by Gasteiger charge is 2.31. The molecule has 0 unspecified atom stereocenters. The molecule has 0 aliphatic carbocycles. The number of nitrogens with one attached hydrogen (secondary N) is 1. The Balaban J connectivity index is 1.58. The van der Waals surface area contributed by atoms with E-state index in [1.807, 2.05) is 18.2 Å². The van der Waals surface area contributed by atoms with E-state index in [-0.39, 0.29) is 17.6 Å². The summed E-state index contributed by atoms with van der Waals surface area (Å²) in [5.74, 6) is -0.551. The summed E-state index contributed by atoms with van der Waals surface area (Å²) in [6.45, 7) is 0.591. The Morgan fingerprint density at radius 3 is 2.29 bits per heavy atom. The van der Waals surface area contributed by atoms with Crippen molar-refractivity contribution >= 4 is 37.3 Å². The fraction of sp³-hybridized carbons (Fsp3) is 0.381. The van der Waals surface area contributed by atoms with E-state index < -0.39 is 20.0 Å². The Labute approximate surface area is 184 Å². The van der Waals surface area contributed by atoms with Gasteiger partial charge in [0.1, 0.15) is 0 Å². The standard InChI is InChI=1S/C21H27N3O5S2/c1-23(30(2,26)27)20-10-6-9-19(15-20)22-21(25)18-11-13-24(14-12-18)31(28,29)16-17-7-4-3-5-8-17/h3-10,15,18H,11-14,16H2,1-2H3,(H,22,25). The van der Waals surface area contributed by atoms with Crippen LogP contribution in [0.3, 0.4) is 0 Å². The molecular formula is C21H27N3O5S2. The Kier molecular flexibility index (Phi) is 7.03. The molecule has 1 amide bonds. The number of benzene rings is 2. The number of carbonyl (C=O) groups excluding carboxylic acids is 1. The van der Waals surface area contributed by atoms with Crippen LogP contribution in [0.5, 0.6) is 0 Å². The second-order valence-electron chi connectivity index (χ2n) is 7.69. The van der Waals surface area contributed by atoms with Gasteiger partial charge in [0.15, 0.2) is 0 Å². The van der Waals surface area contributed by atoms with Crippen LogP contribution in [0.1, 0.15) is 18.4 Å². The predicted octanol–water partition coefficient (Wildman–Crippen LogP) is 2.26. The summed E-state index contributed by atoms with van der Waals surface area (Å²) < 4.78 is 51.4. The maximum Gasteiger partial charge on any atom is 0.231 e. The normalized spacial score (nSPS) is 16.1. The molecule has 0 spiro atoms. The smallest absolute Gasteiger partial charge is 0.231 e. The van der Waals surface area contributed by atoms with Crippen molar-refractivity contribution in [2.45, 2.75) is 18.6 Å². The third-order valence-corrected chi connectivity index (χ3v) is 8.44. The molecule has 168 valence electrons. The van der Waals surface area contributed by atoms with Crippen molar-refractivity contribution in [3.63, 3.8) is 0 Å². The highest BCUT2D eigenvalue weighted by atomic mass is 32.2. The van der Waals surface area contributed by atoms with Gasteiger partial charge in [0, 0.05) is 31.7 Å². The van der Waals surface area contributed by atoms with Gasteiger partial charge in [0.05, 0.1) is 17.7 Å². The van der Waals surface area contributed by atoms with Gasteiger partial charge in [-0.1, -0.05) is 36.4 Å². The molecule has 0 saturated carbocycles. The average molecular weight is 466 g/mol. The number of piperidine rings is 1. The van der Waals surface area contributed by atoms with Gasteiger partial charge < -0.3 is 5.32 Å². The molecule has 0 bridgehead atoms. The second kappa shape index (κ2) is 9.37. The van der Waals surface area contributed by atoms with E-state index in [2.05, 4.69) is 5.32 Å². The van der Waals surface area contributed by atoms with E-state index >= 15 is 0 Å². The van der Waals surface area contributed by atoms with Crippen molar-refractivity contribution in [2.24, 2.45) is 5.92 Å². The van der Waals surface area contributed by atoms with Gasteiger partial charge in [-0.05, 0) is 36.6 Å². The van der Waals surface area contributed by atoms with Crippen LogP contribution in [0.4, 0.5) is 11.4 Å². The van der Waals surface area contributed by atoms with E-state index in [0.717, 1.165) is 16.1 Å². The monoisotopic (exact) mass is 465 g/mol. The molecule has 31 heavy (non-hydrogen) atoms. The number of hydrogen-bond donors (Lipinski definition) is 1. The number of amides is 1. The first kappa shape index (κ1) is 23.2. The van der Waals surface area contributed by atoms with E-state index in [0.29, 0.717) is 37.3 Å². The summed E-state index contributed by atoms with van der Waals surface area (Å²) in [6.07, 6.45) is 1.98. The zero-order valence-corrected chi connectivity index (χ0v) is 19.2. The number of rotatable bonds is 7. The van der Waals surface area contributed by atoms with Gasteiger partial charge >= 0.3 is 0 Å². The fourth-order valence-corrected chi connectivity index (χ4v) is 5.55. The molecule has 1 aliphatic heterocycles. The number of carbonyl (C=O) groups is 1. The topological polar surface area (TPSA) is 104 Å².